The zero-order chi connectivity index (χ0) is 18.9. The zero-order valence-corrected chi connectivity index (χ0v) is 16.2. The molecule has 1 amide bonds. The fraction of sp³-hybridized carbons (Fsp3) is 0.667. The molecule has 27 heavy (non-hydrogen) atoms. The van der Waals surface area contributed by atoms with E-state index in [1.54, 1.807) is 6.92 Å². The Morgan fingerprint density at radius 1 is 1.22 bits per heavy atom. The summed E-state index contributed by atoms with van der Waals surface area (Å²) in [7, 11) is 0. The second-order valence-electron chi connectivity index (χ2n) is 8.54. The number of nitrogens with zero attached hydrogens (tertiary/aromatic N) is 2. The second kappa shape index (κ2) is 7.87. The van der Waals surface area contributed by atoms with Crippen LogP contribution in [0.2, 0.25) is 0 Å². The number of carbonyl (C=O) groups excluding carboxylic acids is 1. The summed E-state index contributed by atoms with van der Waals surface area (Å²) in [6, 6.07) is 10.6. The van der Waals surface area contributed by atoms with E-state index in [0.29, 0.717) is 19.0 Å². The fourth-order valence-corrected chi connectivity index (χ4v) is 4.96. The standard InChI is InChI=1S/C21H32N4O2/c1-21(27)20-18(13-23-21)22-14-19(26)25(20)12-9-16-7-10-24(11-8-16)15-17-5-3-2-4-6-17/h2-6,16,18,20,22-23,27H,7-15H2,1H3. The monoisotopic (exact) mass is 372 g/mol. The summed E-state index contributed by atoms with van der Waals surface area (Å²) >= 11 is 0. The van der Waals surface area contributed by atoms with Gasteiger partial charge in [0, 0.05) is 25.7 Å². The van der Waals surface area contributed by atoms with E-state index >= 15 is 0 Å². The van der Waals surface area contributed by atoms with Crippen molar-refractivity contribution < 1.29 is 9.90 Å². The van der Waals surface area contributed by atoms with Crippen LogP contribution in [0.4, 0.5) is 0 Å². The normalized spacial score (nSPS) is 32.7. The van der Waals surface area contributed by atoms with Gasteiger partial charge in [-0.25, -0.2) is 0 Å². The number of hydrogen-bond donors (Lipinski definition) is 3. The molecule has 3 aliphatic rings. The van der Waals surface area contributed by atoms with Crippen LogP contribution < -0.4 is 10.6 Å². The van der Waals surface area contributed by atoms with Gasteiger partial charge in [0.1, 0.15) is 5.72 Å². The minimum Gasteiger partial charge on any atom is -0.374 e. The van der Waals surface area contributed by atoms with E-state index < -0.39 is 5.72 Å². The van der Waals surface area contributed by atoms with Crippen LogP contribution in [0.25, 0.3) is 0 Å². The molecule has 0 bridgehead atoms. The summed E-state index contributed by atoms with van der Waals surface area (Å²) < 4.78 is 0. The van der Waals surface area contributed by atoms with Crippen molar-refractivity contribution in [3.8, 4) is 0 Å². The molecule has 3 heterocycles. The van der Waals surface area contributed by atoms with E-state index in [1.807, 2.05) is 4.90 Å². The molecule has 4 rings (SSSR count). The Hall–Kier alpha value is -1.47. The van der Waals surface area contributed by atoms with Gasteiger partial charge in [0.25, 0.3) is 0 Å². The van der Waals surface area contributed by atoms with Gasteiger partial charge >= 0.3 is 0 Å². The Morgan fingerprint density at radius 2 is 1.96 bits per heavy atom. The third-order valence-corrected chi connectivity index (χ3v) is 6.54. The van der Waals surface area contributed by atoms with Gasteiger partial charge in [-0.05, 0) is 50.8 Å². The van der Waals surface area contributed by atoms with Crippen LogP contribution in [0.15, 0.2) is 30.3 Å². The highest BCUT2D eigenvalue weighted by atomic mass is 16.3. The molecule has 0 aliphatic carbocycles. The number of fused-ring (bicyclic) bond motifs is 1. The van der Waals surface area contributed by atoms with Crippen molar-refractivity contribution in [2.75, 3.05) is 32.7 Å². The number of carbonyl (C=O) groups is 1. The summed E-state index contributed by atoms with van der Waals surface area (Å²) in [6.45, 7) is 6.91. The molecule has 3 unspecified atom stereocenters. The molecule has 3 aliphatic heterocycles. The Bertz CT molecular complexity index is 643. The first-order valence-corrected chi connectivity index (χ1v) is 10.3. The van der Waals surface area contributed by atoms with E-state index in [1.165, 1.54) is 18.4 Å². The molecule has 1 aromatic carbocycles. The van der Waals surface area contributed by atoms with Gasteiger partial charge in [0.05, 0.1) is 12.6 Å². The van der Waals surface area contributed by atoms with Crippen molar-refractivity contribution in [3.05, 3.63) is 35.9 Å². The van der Waals surface area contributed by atoms with Crippen molar-refractivity contribution in [2.24, 2.45) is 5.92 Å². The maximum Gasteiger partial charge on any atom is 0.236 e. The number of rotatable bonds is 5. The molecule has 3 N–H and O–H groups in total. The van der Waals surface area contributed by atoms with Gasteiger partial charge in [-0.15, -0.1) is 0 Å². The lowest BCUT2D eigenvalue weighted by Crippen LogP contribution is -2.65. The highest BCUT2D eigenvalue weighted by Gasteiger charge is 2.50. The lowest BCUT2D eigenvalue weighted by molar-refractivity contribution is -0.143. The number of aliphatic hydroxyl groups is 1. The van der Waals surface area contributed by atoms with Crippen LogP contribution in [0, 0.1) is 5.92 Å². The molecule has 3 atom stereocenters. The molecule has 0 spiro atoms. The molecular formula is C21H32N4O2. The van der Waals surface area contributed by atoms with Crippen LogP contribution in [0.5, 0.6) is 0 Å². The molecule has 0 saturated carbocycles. The average Bonchev–Trinajstić information content (AvgIpc) is 2.98. The van der Waals surface area contributed by atoms with Crippen LogP contribution >= 0.6 is 0 Å². The third kappa shape index (κ3) is 4.19. The van der Waals surface area contributed by atoms with E-state index in [2.05, 4.69) is 45.9 Å². The molecule has 1 aromatic rings. The van der Waals surface area contributed by atoms with E-state index in [-0.39, 0.29) is 18.0 Å². The SMILES string of the molecule is CC1(O)NCC2NCC(=O)N(CCC3CCN(Cc4ccccc4)CC3)C21. The molecule has 3 fully saturated rings. The van der Waals surface area contributed by atoms with Gasteiger partial charge in [0.15, 0.2) is 0 Å². The topological polar surface area (TPSA) is 67.8 Å². The molecule has 148 valence electrons. The smallest absolute Gasteiger partial charge is 0.236 e. The van der Waals surface area contributed by atoms with Gasteiger partial charge in [-0.3, -0.25) is 15.0 Å². The van der Waals surface area contributed by atoms with E-state index in [0.717, 1.165) is 32.6 Å². The minimum atomic E-state index is -1.01. The molecule has 0 radical (unpaired) electrons. The van der Waals surface area contributed by atoms with Crippen molar-refractivity contribution in [3.63, 3.8) is 0 Å². The maximum atomic E-state index is 12.5. The highest BCUT2D eigenvalue weighted by Crippen LogP contribution is 2.28. The number of amides is 1. The predicted molar refractivity (Wildman–Crippen MR) is 105 cm³/mol. The summed E-state index contributed by atoms with van der Waals surface area (Å²) in [5.41, 5.74) is 0.372. The predicted octanol–water partition coefficient (Wildman–Crippen LogP) is 0.769. The maximum absolute atomic E-state index is 12.5. The van der Waals surface area contributed by atoms with Crippen molar-refractivity contribution in [1.29, 1.82) is 0 Å². The minimum absolute atomic E-state index is 0.113. The fourth-order valence-electron chi connectivity index (χ4n) is 4.96. The third-order valence-electron chi connectivity index (χ3n) is 6.54. The average molecular weight is 373 g/mol. The molecule has 6 nitrogen and oxygen atoms in total. The Kier molecular flexibility index (Phi) is 5.50. The number of likely N-dealkylation sites (tertiary alicyclic amines) is 1. The molecule has 6 heteroatoms. The second-order valence-corrected chi connectivity index (χ2v) is 8.54. The Labute approximate surface area is 161 Å². The number of nitrogens with one attached hydrogen (secondary N) is 2. The molecule has 3 saturated heterocycles. The van der Waals surface area contributed by atoms with E-state index in [4.69, 9.17) is 0 Å². The molecule has 0 aromatic heterocycles. The summed E-state index contributed by atoms with van der Waals surface area (Å²) in [6.07, 6.45) is 3.41. The van der Waals surface area contributed by atoms with Crippen LogP contribution in [0.3, 0.4) is 0 Å². The lowest BCUT2D eigenvalue weighted by atomic mass is 9.91. The van der Waals surface area contributed by atoms with Crippen LogP contribution in [0.1, 0.15) is 31.7 Å². The number of piperidine rings is 1. The summed E-state index contributed by atoms with van der Waals surface area (Å²) in [4.78, 5) is 16.9. The molecular weight excluding hydrogens is 340 g/mol. The summed E-state index contributed by atoms with van der Waals surface area (Å²) in [5, 5.41) is 17.0. The number of benzene rings is 1. The number of piperazine rings is 1. The first-order valence-electron chi connectivity index (χ1n) is 10.3. The Morgan fingerprint density at radius 3 is 2.70 bits per heavy atom. The van der Waals surface area contributed by atoms with Crippen LogP contribution in [-0.2, 0) is 11.3 Å². The van der Waals surface area contributed by atoms with Gasteiger partial charge in [0.2, 0.25) is 5.91 Å². The van der Waals surface area contributed by atoms with Crippen LogP contribution in [-0.4, -0.2) is 71.3 Å². The van der Waals surface area contributed by atoms with Crippen molar-refractivity contribution in [1.82, 2.24) is 20.4 Å². The van der Waals surface area contributed by atoms with Gasteiger partial charge < -0.3 is 15.3 Å². The van der Waals surface area contributed by atoms with Crippen molar-refractivity contribution in [2.45, 2.75) is 50.5 Å². The first-order chi connectivity index (χ1) is 13.0. The van der Waals surface area contributed by atoms with Gasteiger partial charge in [-0.2, -0.15) is 0 Å². The summed E-state index contributed by atoms with van der Waals surface area (Å²) in [5.74, 6) is 0.777. The van der Waals surface area contributed by atoms with E-state index in [9.17, 15) is 9.90 Å². The Balaban J connectivity index is 1.27. The lowest BCUT2D eigenvalue weighted by Gasteiger charge is -2.43. The zero-order valence-electron chi connectivity index (χ0n) is 16.2. The largest absolute Gasteiger partial charge is 0.374 e. The number of hydrogen-bond acceptors (Lipinski definition) is 5. The first kappa shape index (κ1) is 18.9. The highest BCUT2D eigenvalue weighted by molar-refractivity contribution is 5.80. The van der Waals surface area contributed by atoms with Crippen molar-refractivity contribution >= 4 is 5.91 Å². The van der Waals surface area contributed by atoms with Gasteiger partial charge in [-0.1, -0.05) is 30.3 Å². The quantitative estimate of drug-likeness (QED) is 0.712.